The highest BCUT2D eigenvalue weighted by Crippen LogP contribution is 2.28. The van der Waals surface area contributed by atoms with Crippen molar-refractivity contribution in [3.8, 4) is 5.75 Å². The Morgan fingerprint density at radius 3 is 2.71 bits per heavy atom. The van der Waals surface area contributed by atoms with Gasteiger partial charge in [-0.3, -0.25) is 0 Å². The molecule has 1 aromatic heterocycles. The first-order valence-electron chi connectivity index (χ1n) is 3.86. The quantitative estimate of drug-likeness (QED) is 0.600. The predicted molar refractivity (Wildman–Crippen MR) is 53.3 cm³/mol. The molecule has 0 aliphatic rings. The Labute approximate surface area is 83.2 Å². The van der Waals surface area contributed by atoms with Gasteiger partial charge in [-0.2, -0.15) is 0 Å². The van der Waals surface area contributed by atoms with Crippen molar-refractivity contribution in [2.45, 2.75) is 0 Å². The number of hydrogen-bond donors (Lipinski definition) is 3. The van der Waals surface area contributed by atoms with Gasteiger partial charge in [-0.25, -0.2) is 4.39 Å². The molecule has 6 heteroatoms. The normalized spacial score (nSPS) is 10.8. The second-order valence-electron chi connectivity index (χ2n) is 2.84. The first-order valence-corrected chi connectivity index (χ1v) is 4.74. The van der Waals surface area contributed by atoms with Crippen LogP contribution in [0, 0.1) is 5.82 Å². The fraction of sp³-hybridized carbons (Fsp3) is 0. The second-order valence-corrected chi connectivity index (χ2v) is 3.75. The van der Waals surface area contributed by atoms with Crippen LogP contribution in [0.15, 0.2) is 17.5 Å². The Balaban J connectivity index is 2.84. The number of halogens is 1. The highest BCUT2D eigenvalue weighted by Gasteiger charge is 2.20. The fourth-order valence-corrected chi connectivity index (χ4v) is 2.19. The molecule has 0 fully saturated rings. The van der Waals surface area contributed by atoms with Gasteiger partial charge < -0.3 is 15.2 Å². The van der Waals surface area contributed by atoms with Crippen LogP contribution in [0.1, 0.15) is 0 Å². The smallest absolute Gasteiger partial charge is 0.489 e. The van der Waals surface area contributed by atoms with E-state index in [2.05, 4.69) is 0 Å². The van der Waals surface area contributed by atoms with Gasteiger partial charge in [-0.05, 0) is 28.4 Å². The summed E-state index contributed by atoms with van der Waals surface area (Å²) in [5.41, 5.74) is 0.111. The van der Waals surface area contributed by atoms with Crippen LogP contribution in [-0.4, -0.2) is 22.3 Å². The van der Waals surface area contributed by atoms with E-state index < -0.39 is 18.7 Å². The van der Waals surface area contributed by atoms with E-state index in [1.54, 1.807) is 11.4 Å². The molecule has 2 aromatic rings. The summed E-state index contributed by atoms with van der Waals surface area (Å²) in [7, 11) is -1.71. The number of fused-ring (bicyclic) bond motifs is 1. The highest BCUT2D eigenvalue weighted by atomic mass is 32.1. The summed E-state index contributed by atoms with van der Waals surface area (Å²) in [5.74, 6) is -1.29. The van der Waals surface area contributed by atoms with Gasteiger partial charge in [0.15, 0.2) is 11.6 Å². The highest BCUT2D eigenvalue weighted by molar-refractivity contribution is 7.17. The maximum Gasteiger partial charge on any atom is 0.489 e. The largest absolute Gasteiger partial charge is 0.505 e. The molecule has 3 N–H and O–H groups in total. The van der Waals surface area contributed by atoms with E-state index in [4.69, 9.17) is 10.0 Å². The zero-order chi connectivity index (χ0) is 10.3. The predicted octanol–water partition coefficient (Wildman–Crippen LogP) is 0.426. The monoisotopic (exact) mass is 212 g/mol. The summed E-state index contributed by atoms with van der Waals surface area (Å²) in [5, 5.41) is 29.2. The molecule has 0 radical (unpaired) electrons. The Morgan fingerprint density at radius 2 is 2.07 bits per heavy atom. The van der Waals surface area contributed by atoms with Crippen molar-refractivity contribution in [2.24, 2.45) is 0 Å². The molecule has 0 saturated carbocycles. The molecule has 0 atom stereocenters. The van der Waals surface area contributed by atoms with Crippen LogP contribution < -0.4 is 5.46 Å². The van der Waals surface area contributed by atoms with Gasteiger partial charge in [0.2, 0.25) is 0 Å². The molecular weight excluding hydrogens is 206 g/mol. The van der Waals surface area contributed by atoms with Crippen LogP contribution in [0.3, 0.4) is 0 Å². The minimum Gasteiger partial charge on any atom is -0.505 e. The van der Waals surface area contributed by atoms with Gasteiger partial charge in [0, 0.05) is 0 Å². The van der Waals surface area contributed by atoms with Crippen LogP contribution in [0.4, 0.5) is 4.39 Å². The summed E-state index contributed by atoms with van der Waals surface area (Å²) >= 11 is 1.10. The van der Waals surface area contributed by atoms with E-state index in [1.165, 1.54) is 0 Å². The average Bonchev–Trinajstić information content (AvgIpc) is 2.59. The molecule has 0 saturated heterocycles. The molecule has 0 aliphatic heterocycles. The van der Waals surface area contributed by atoms with Crippen molar-refractivity contribution in [2.75, 3.05) is 0 Å². The van der Waals surface area contributed by atoms with Gasteiger partial charge in [-0.1, -0.05) is 0 Å². The molecule has 1 heterocycles. The first-order chi connectivity index (χ1) is 6.61. The molecular formula is C8H6BFO3S. The van der Waals surface area contributed by atoms with E-state index in [1.807, 2.05) is 0 Å². The summed E-state index contributed by atoms with van der Waals surface area (Å²) in [4.78, 5) is 0. The van der Waals surface area contributed by atoms with Gasteiger partial charge in [-0.15, -0.1) is 11.3 Å². The number of rotatable bonds is 1. The zero-order valence-electron chi connectivity index (χ0n) is 6.94. The van der Waals surface area contributed by atoms with Crippen molar-refractivity contribution < 1.29 is 19.5 Å². The summed E-state index contributed by atoms with van der Waals surface area (Å²) in [6, 6.07) is 2.60. The molecule has 0 amide bonds. The summed E-state index contributed by atoms with van der Waals surface area (Å²) in [6.45, 7) is 0. The molecule has 72 valence electrons. The van der Waals surface area contributed by atoms with Crippen LogP contribution >= 0.6 is 11.3 Å². The fourth-order valence-electron chi connectivity index (χ4n) is 1.32. The van der Waals surface area contributed by atoms with Crippen molar-refractivity contribution in [3.05, 3.63) is 23.3 Å². The van der Waals surface area contributed by atoms with Crippen LogP contribution in [0.2, 0.25) is 0 Å². The number of hydrogen-bond acceptors (Lipinski definition) is 4. The molecule has 14 heavy (non-hydrogen) atoms. The van der Waals surface area contributed by atoms with E-state index in [0.29, 0.717) is 5.39 Å². The van der Waals surface area contributed by atoms with Crippen LogP contribution in [-0.2, 0) is 0 Å². The van der Waals surface area contributed by atoms with E-state index in [9.17, 15) is 9.50 Å². The Kier molecular flexibility index (Phi) is 2.18. The van der Waals surface area contributed by atoms with Gasteiger partial charge >= 0.3 is 7.12 Å². The standard InChI is InChI=1S/C8H6BFO3S/c10-7-6(11)3-5(9(12)13)4-1-2-14-8(4)7/h1-3,11-13H. The average molecular weight is 212 g/mol. The maximum atomic E-state index is 13.3. The lowest BCUT2D eigenvalue weighted by atomic mass is 9.78. The number of benzene rings is 1. The molecule has 1 aromatic carbocycles. The third-order valence-corrected chi connectivity index (χ3v) is 2.88. The van der Waals surface area contributed by atoms with Crippen LogP contribution in [0.5, 0.6) is 5.75 Å². The second kappa shape index (κ2) is 3.23. The Morgan fingerprint density at radius 1 is 1.36 bits per heavy atom. The Hall–Kier alpha value is -1.11. The van der Waals surface area contributed by atoms with Gasteiger partial charge in [0.1, 0.15) is 0 Å². The van der Waals surface area contributed by atoms with E-state index >= 15 is 0 Å². The molecule has 0 unspecified atom stereocenters. The third kappa shape index (κ3) is 1.28. The number of thiophene rings is 1. The number of aromatic hydroxyl groups is 1. The lowest BCUT2D eigenvalue weighted by Gasteiger charge is -2.04. The van der Waals surface area contributed by atoms with Crippen molar-refractivity contribution in [3.63, 3.8) is 0 Å². The lowest BCUT2D eigenvalue weighted by Crippen LogP contribution is -2.30. The summed E-state index contributed by atoms with van der Waals surface area (Å²) < 4.78 is 13.5. The topological polar surface area (TPSA) is 60.7 Å². The van der Waals surface area contributed by atoms with E-state index in [-0.39, 0.29) is 10.2 Å². The Bertz CT molecular complexity index is 483. The van der Waals surface area contributed by atoms with E-state index in [0.717, 1.165) is 17.4 Å². The van der Waals surface area contributed by atoms with Gasteiger partial charge in [0.25, 0.3) is 0 Å². The third-order valence-electron chi connectivity index (χ3n) is 1.97. The molecule has 0 bridgehead atoms. The summed E-state index contributed by atoms with van der Waals surface area (Å²) in [6.07, 6.45) is 0. The molecule has 0 aliphatic carbocycles. The molecule has 3 nitrogen and oxygen atoms in total. The lowest BCUT2D eigenvalue weighted by molar-refractivity contribution is 0.422. The van der Waals surface area contributed by atoms with Gasteiger partial charge in [0.05, 0.1) is 4.70 Å². The van der Waals surface area contributed by atoms with Crippen molar-refractivity contribution >= 4 is 34.0 Å². The first kappa shape index (κ1) is 9.45. The zero-order valence-corrected chi connectivity index (χ0v) is 7.75. The number of phenolic OH excluding ortho intramolecular Hbond substituents is 1. The molecule has 0 spiro atoms. The minimum absolute atomic E-state index is 0.111. The minimum atomic E-state index is -1.71. The van der Waals surface area contributed by atoms with Crippen LogP contribution in [0.25, 0.3) is 10.1 Å². The maximum absolute atomic E-state index is 13.3. The molecule has 2 rings (SSSR count). The SMILES string of the molecule is OB(O)c1cc(O)c(F)c2sccc12. The van der Waals surface area contributed by atoms with Crippen molar-refractivity contribution in [1.29, 1.82) is 0 Å². The van der Waals surface area contributed by atoms with Crippen molar-refractivity contribution in [1.82, 2.24) is 0 Å². The number of phenols is 1.